The monoisotopic (exact) mass is 447 g/mol. The second-order valence-electron chi connectivity index (χ2n) is 8.21. The maximum atomic E-state index is 12.8. The molecule has 1 aliphatic rings. The second kappa shape index (κ2) is 10.5. The van der Waals surface area contributed by atoms with Gasteiger partial charge in [-0.05, 0) is 61.9 Å². The molecular weight excluding hydrogens is 418 g/mol. The zero-order chi connectivity index (χ0) is 22.3. The summed E-state index contributed by atoms with van der Waals surface area (Å²) in [5.74, 6) is -0.0512. The first-order valence-electron chi connectivity index (χ1n) is 11.1. The molecule has 5 nitrogen and oxygen atoms in total. The third-order valence-electron chi connectivity index (χ3n) is 5.84. The third kappa shape index (κ3) is 5.56. The first-order chi connectivity index (χ1) is 15.6. The van der Waals surface area contributed by atoms with Crippen LogP contribution in [0.4, 0.5) is 5.69 Å². The number of rotatable bonds is 7. The Morgan fingerprint density at radius 3 is 2.56 bits per heavy atom. The summed E-state index contributed by atoms with van der Waals surface area (Å²) in [6.45, 7) is 4.22. The van der Waals surface area contributed by atoms with E-state index in [-0.39, 0.29) is 17.9 Å². The number of carbonyl (C=O) groups excluding carboxylic acids is 2. The van der Waals surface area contributed by atoms with Gasteiger partial charge in [0, 0.05) is 41.8 Å². The Hall–Kier alpha value is -3.12. The number of hydrogen-bond acceptors (Lipinski definition) is 4. The quantitative estimate of drug-likeness (QED) is 0.563. The fourth-order valence-electron chi connectivity index (χ4n) is 4.11. The van der Waals surface area contributed by atoms with E-state index in [9.17, 15) is 9.59 Å². The fourth-order valence-corrected chi connectivity index (χ4v) is 4.82. The second-order valence-corrected chi connectivity index (χ2v) is 9.24. The largest absolute Gasteiger partial charge is 0.371 e. The normalized spacial score (nSPS) is 14.2. The van der Waals surface area contributed by atoms with Gasteiger partial charge in [0.25, 0.3) is 11.8 Å². The first kappa shape index (κ1) is 22.1. The lowest BCUT2D eigenvalue weighted by Crippen LogP contribution is -2.45. The number of thiophene rings is 1. The number of nitrogens with zero attached hydrogens (tertiary/aromatic N) is 1. The average molecular weight is 448 g/mol. The SMILES string of the molecule is Cc1cccc(C(=O)NC2CCN(c3ccccc3C(=O)NCCc3cccs3)CC2)c1. The minimum Gasteiger partial charge on any atom is -0.371 e. The van der Waals surface area contributed by atoms with Crippen molar-refractivity contribution in [3.05, 3.63) is 87.6 Å². The standard InChI is InChI=1S/C26H29N3O2S/c1-19-6-4-7-20(18-19)25(30)28-21-12-15-29(16-13-21)24-10-3-2-9-23(24)26(31)27-14-11-22-8-5-17-32-22/h2-10,17-18,21H,11-16H2,1H3,(H,27,31)(H,28,30). The van der Waals surface area contributed by atoms with Crippen molar-refractivity contribution in [2.75, 3.05) is 24.5 Å². The number of carbonyl (C=O) groups is 2. The lowest BCUT2D eigenvalue weighted by Gasteiger charge is -2.35. The van der Waals surface area contributed by atoms with Crippen LogP contribution in [0, 0.1) is 6.92 Å². The van der Waals surface area contributed by atoms with Crippen molar-refractivity contribution in [1.29, 1.82) is 0 Å². The maximum Gasteiger partial charge on any atom is 0.253 e. The molecule has 6 heteroatoms. The van der Waals surface area contributed by atoms with Gasteiger partial charge in [0.05, 0.1) is 5.56 Å². The number of benzene rings is 2. The molecule has 1 aliphatic heterocycles. The molecule has 166 valence electrons. The highest BCUT2D eigenvalue weighted by Crippen LogP contribution is 2.24. The Balaban J connectivity index is 1.32. The van der Waals surface area contributed by atoms with Crippen LogP contribution < -0.4 is 15.5 Å². The van der Waals surface area contributed by atoms with Crippen LogP contribution in [0.3, 0.4) is 0 Å². The van der Waals surface area contributed by atoms with E-state index in [1.807, 2.05) is 61.5 Å². The molecule has 3 aromatic rings. The van der Waals surface area contributed by atoms with Gasteiger partial charge >= 0.3 is 0 Å². The van der Waals surface area contributed by atoms with Crippen LogP contribution in [-0.4, -0.2) is 37.5 Å². The highest BCUT2D eigenvalue weighted by molar-refractivity contribution is 7.09. The van der Waals surface area contributed by atoms with Crippen molar-refractivity contribution in [3.63, 3.8) is 0 Å². The number of anilines is 1. The molecule has 2 aromatic carbocycles. The van der Waals surface area contributed by atoms with E-state index in [2.05, 4.69) is 27.0 Å². The molecule has 1 saturated heterocycles. The zero-order valence-electron chi connectivity index (χ0n) is 18.3. The lowest BCUT2D eigenvalue weighted by molar-refractivity contribution is 0.0929. The summed E-state index contributed by atoms with van der Waals surface area (Å²) in [5, 5.41) is 8.28. The molecule has 0 spiro atoms. The number of piperidine rings is 1. The van der Waals surface area contributed by atoms with Crippen LogP contribution in [0.1, 0.15) is 44.0 Å². The summed E-state index contributed by atoms with van der Waals surface area (Å²) in [6, 6.07) is 19.7. The van der Waals surface area contributed by atoms with Crippen molar-refractivity contribution >= 4 is 28.8 Å². The van der Waals surface area contributed by atoms with Crippen molar-refractivity contribution < 1.29 is 9.59 Å². The van der Waals surface area contributed by atoms with E-state index in [4.69, 9.17) is 0 Å². The van der Waals surface area contributed by atoms with Crippen LogP contribution in [0.5, 0.6) is 0 Å². The van der Waals surface area contributed by atoms with Gasteiger partial charge in [0.1, 0.15) is 0 Å². The molecule has 32 heavy (non-hydrogen) atoms. The van der Waals surface area contributed by atoms with Crippen LogP contribution in [0.15, 0.2) is 66.0 Å². The molecule has 2 heterocycles. The lowest BCUT2D eigenvalue weighted by atomic mass is 10.0. The van der Waals surface area contributed by atoms with Gasteiger partial charge in [-0.3, -0.25) is 9.59 Å². The van der Waals surface area contributed by atoms with Crippen molar-refractivity contribution in [3.8, 4) is 0 Å². The highest BCUT2D eigenvalue weighted by atomic mass is 32.1. The predicted octanol–water partition coefficient (Wildman–Crippen LogP) is 4.43. The number of nitrogens with one attached hydrogen (secondary N) is 2. The molecule has 0 atom stereocenters. The Morgan fingerprint density at radius 1 is 1.00 bits per heavy atom. The number of aryl methyl sites for hydroxylation is 1. The Kier molecular flexibility index (Phi) is 7.22. The molecule has 0 saturated carbocycles. The smallest absolute Gasteiger partial charge is 0.253 e. The number of amides is 2. The zero-order valence-corrected chi connectivity index (χ0v) is 19.2. The third-order valence-corrected chi connectivity index (χ3v) is 6.77. The molecule has 1 aromatic heterocycles. The van der Waals surface area contributed by atoms with E-state index in [1.54, 1.807) is 11.3 Å². The van der Waals surface area contributed by atoms with Crippen LogP contribution in [-0.2, 0) is 6.42 Å². The summed E-state index contributed by atoms with van der Waals surface area (Å²) in [7, 11) is 0. The highest BCUT2D eigenvalue weighted by Gasteiger charge is 2.24. The Bertz CT molecular complexity index is 1060. The molecule has 1 fully saturated rings. The summed E-state index contributed by atoms with van der Waals surface area (Å²) in [4.78, 5) is 28.9. The fraction of sp³-hybridized carbons (Fsp3) is 0.308. The van der Waals surface area contributed by atoms with Gasteiger partial charge in [-0.15, -0.1) is 11.3 Å². The first-order valence-corrected chi connectivity index (χ1v) is 12.0. The van der Waals surface area contributed by atoms with Gasteiger partial charge in [0.15, 0.2) is 0 Å². The molecule has 2 N–H and O–H groups in total. The van der Waals surface area contributed by atoms with Gasteiger partial charge in [-0.25, -0.2) is 0 Å². The Morgan fingerprint density at radius 2 is 1.81 bits per heavy atom. The molecule has 0 unspecified atom stereocenters. The van der Waals surface area contributed by atoms with E-state index in [0.717, 1.165) is 43.6 Å². The molecule has 0 radical (unpaired) electrons. The summed E-state index contributed by atoms with van der Waals surface area (Å²) in [6.07, 6.45) is 2.55. The molecule has 0 aliphatic carbocycles. The number of para-hydroxylation sites is 1. The maximum absolute atomic E-state index is 12.8. The van der Waals surface area contributed by atoms with Crippen LogP contribution >= 0.6 is 11.3 Å². The van der Waals surface area contributed by atoms with Gasteiger partial charge in [0.2, 0.25) is 0 Å². The average Bonchev–Trinajstić information content (AvgIpc) is 3.33. The van der Waals surface area contributed by atoms with Crippen LogP contribution in [0.25, 0.3) is 0 Å². The van der Waals surface area contributed by atoms with Crippen LogP contribution in [0.2, 0.25) is 0 Å². The molecule has 2 amide bonds. The molecule has 0 bridgehead atoms. The van der Waals surface area contributed by atoms with Gasteiger partial charge in [-0.2, -0.15) is 0 Å². The topological polar surface area (TPSA) is 61.4 Å². The summed E-state index contributed by atoms with van der Waals surface area (Å²) >= 11 is 1.71. The minimum absolute atomic E-state index is 0.0160. The van der Waals surface area contributed by atoms with E-state index in [0.29, 0.717) is 17.7 Å². The predicted molar refractivity (Wildman–Crippen MR) is 131 cm³/mol. The van der Waals surface area contributed by atoms with E-state index in [1.165, 1.54) is 4.88 Å². The summed E-state index contributed by atoms with van der Waals surface area (Å²) in [5.41, 5.74) is 3.46. The molecule has 4 rings (SSSR count). The van der Waals surface area contributed by atoms with Crippen molar-refractivity contribution in [1.82, 2.24) is 10.6 Å². The van der Waals surface area contributed by atoms with Gasteiger partial charge < -0.3 is 15.5 Å². The minimum atomic E-state index is -0.0352. The molecular formula is C26H29N3O2S. The Labute approximate surface area is 193 Å². The van der Waals surface area contributed by atoms with Gasteiger partial charge in [-0.1, -0.05) is 35.9 Å². The number of hydrogen-bond donors (Lipinski definition) is 2. The van der Waals surface area contributed by atoms with Crippen molar-refractivity contribution in [2.45, 2.75) is 32.2 Å². The summed E-state index contributed by atoms with van der Waals surface area (Å²) < 4.78 is 0. The van der Waals surface area contributed by atoms with E-state index >= 15 is 0 Å². The van der Waals surface area contributed by atoms with Crippen molar-refractivity contribution in [2.24, 2.45) is 0 Å². The van der Waals surface area contributed by atoms with E-state index < -0.39 is 0 Å².